The number of aliphatic hydroxyl groups is 2. The van der Waals surface area contributed by atoms with Gasteiger partial charge in [0, 0.05) is 24.9 Å². The van der Waals surface area contributed by atoms with Crippen molar-refractivity contribution in [3.8, 4) is 0 Å². The highest BCUT2D eigenvalue weighted by Crippen LogP contribution is 2.19. The molecule has 2 fully saturated rings. The van der Waals surface area contributed by atoms with E-state index in [2.05, 4.69) is 41.7 Å². The molecule has 44 heavy (non-hydrogen) atoms. The molecule has 2 aliphatic rings. The molecular formula is C36H57ClN2O5. The van der Waals surface area contributed by atoms with Gasteiger partial charge in [0.1, 0.15) is 0 Å². The first-order valence-electron chi connectivity index (χ1n) is 16.5. The summed E-state index contributed by atoms with van der Waals surface area (Å²) in [5.41, 5.74) is 8.30. The van der Waals surface area contributed by atoms with E-state index >= 15 is 0 Å². The Morgan fingerprint density at radius 3 is 1.50 bits per heavy atom. The van der Waals surface area contributed by atoms with E-state index in [1.54, 1.807) is 0 Å². The van der Waals surface area contributed by atoms with Gasteiger partial charge in [-0.05, 0) is 101 Å². The predicted molar refractivity (Wildman–Crippen MR) is 181 cm³/mol. The molecule has 0 bridgehead atoms. The third kappa shape index (κ3) is 20.5. The van der Waals surface area contributed by atoms with Crippen molar-refractivity contribution >= 4 is 24.3 Å². The highest BCUT2D eigenvalue weighted by atomic mass is 35.5. The van der Waals surface area contributed by atoms with E-state index in [0.29, 0.717) is 18.9 Å². The van der Waals surface area contributed by atoms with Crippen LogP contribution < -0.4 is 11.1 Å². The van der Waals surface area contributed by atoms with Gasteiger partial charge in [-0.3, -0.25) is 9.59 Å². The fraction of sp³-hybridized carbons (Fsp3) is 0.611. The Kier molecular flexibility index (Phi) is 22.3. The maximum absolute atomic E-state index is 11.9. The Balaban J connectivity index is 0.000000362. The number of carbonyl (C=O) groups is 2. The number of unbranched alkanes of at least 4 members (excludes halogenated alkanes) is 4. The quantitative estimate of drug-likeness (QED) is 0.155. The van der Waals surface area contributed by atoms with E-state index in [1.165, 1.54) is 11.1 Å². The average molecular weight is 633 g/mol. The number of rotatable bonds is 13. The van der Waals surface area contributed by atoms with Crippen molar-refractivity contribution in [3.63, 3.8) is 0 Å². The second kappa shape index (κ2) is 24.8. The van der Waals surface area contributed by atoms with Gasteiger partial charge >= 0.3 is 5.97 Å². The van der Waals surface area contributed by atoms with Gasteiger partial charge in [-0.1, -0.05) is 73.5 Å². The third-order valence-electron chi connectivity index (χ3n) is 8.21. The SMILES string of the molecule is Cl.NC1CCC(O)CC1.O=C(CCCCCc1ccccc1)NC1CCC(O)CC1.O=C(O)CCCCCc1ccccc1. The van der Waals surface area contributed by atoms with Crippen LogP contribution in [0, 0.1) is 0 Å². The second-order valence-electron chi connectivity index (χ2n) is 12.1. The van der Waals surface area contributed by atoms with Gasteiger partial charge in [0.15, 0.2) is 0 Å². The highest BCUT2D eigenvalue weighted by molar-refractivity contribution is 5.85. The number of aliphatic carboxylic acids is 1. The summed E-state index contributed by atoms with van der Waals surface area (Å²) in [6, 6.07) is 21.4. The molecule has 0 aliphatic heterocycles. The number of nitrogens with one attached hydrogen (secondary N) is 1. The van der Waals surface area contributed by atoms with E-state index < -0.39 is 5.97 Å². The molecule has 7 nitrogen and oxygen atoms in total. The first-order chi connectivity index (χ1) is 20.8. The van der Waals surface area contributed by atoms with E-state index in [1.807, 2.05) is 24.3 Å². The van der Waals surface area contributed by atoms with Gasteiger partial charge in [0.05, 0.1) is 12.2 Å². The molecular weight excluding hydrogens is 576 g/mol. The predicted octanol–water partition coefficient (Wildman–Crippen LogP) is 6.75. The molecule has 6 N–H and O–H groups in total. The van der Waals surface area contributed by atoms with Crippen molar-refractivity contribution in [2.75, 3.05) is 0 Å². The Bertz CT molecular complexity index is 969. The van der Waals surface area contributed by atoms with Crippen LogP contribution in [0.2, 0.25) is 0 Å². The number of hydrogen-bond donors (Lipinski definition) is 5. The van der Waals surface area contributed by atoms with Crippen LogP contribution in [0.4, 0.5) is 0 Å². The van der Waals surface area contributed by atoms with Crippen molar-refractivity contribution < 1.29 is 24.9 Å². The zero-order valence-corrected chi connectivity index (χ0v) is 27.3. The van der Waals surface area contributed by atoms with E-state index in [-0.39, 0.29) is 36.6 Å². The highest BCUT2D eigenvalue weighted by Gasteiger charge is 2.20. The summed E-state index contributed by atoms with van der Waals surface area (Å²) in [5.74, 6) is -0.513. The molecule has 4 rings (SSSR count). The van der Waals surface area contributed by atoms with Gasteiger partial charge < -0.3 is 26.4 Å². The summed E-state index contributed by atoms with van der Waals surface area (Å²) in [5, 5.41) is 29.9. The Morgan fingerprint density at radius 2 is 1.07 bits per heavy atom. The molecule has 0 heterocycles. The first-order valence-corrected chi connectivity index (χ1v) is 16.5. The van der Waals surface area contributed by atoms with Crippen LogP contribution in [-0.4, -0.2) is 51.5 Å². The zero-order valence-electron chi connectivity index (χ0n) is 26.5. The Hall–Kier alpha value is -2.45. The summed E-state index contributed by atoms with van der Waals surface area (Å²) in [6.45, 7) is 0. The second-order valence-corrected chi connectivity index (χ2v) is 12.1. The third-order valence-corrected chi connectivity index (χ3v) is 8.21. The smallest absolute Gasteiger partial charge is 0.303 e. The van der Waals surface area contributed by atoms with Crippen LogP contribution in [0.3, 0.4) is 0 Å². The summed E-state index contributed by atoms with van der Waals surface area (Å²) >= 11 is 0. The molecule has 2 saturated carbocycles. The number of carboxylic acid groups (broad SMARTS) is 1. The van der Waals surface area contributed by atoms with Crippen LogP contribution in [0.25, 0.3) is 0 Å². The van der Waals surface area contributed by atoms with E-state index in [4.69, 9.17) is 15.9 Å². The van der Waals surface area contributed by atoms with Crippen LogP contribution in [-0.2, 0) is 22.4 Å². The van der Waals surface area contributed by atoms with Gasteiger partial charge in [-0.2, -0.15) is 0 Å². The monoisotopic (exact) mass is 632 g/mol. The van der Waals surface area contributed by atoms with E-state index in [0.717, 1.165) is 103 Å². The van der Waals surface area contributed by atoms with Crippen LogP contribution >= 0.6 is 12.4 Å². The van der Waals surface area contributed by atoms with Crippen molar-refractivity contribution in [2.45, 2.75) is 140 Å². The average Bonchev–Trinajstić information content (AvgIpc) is 3.01. The maximum atomic E-state index is 11.9. The molecule has 0 aromatic heterocycles. The molecule has 0 atom stereocenters. The topological polar surface area (TPSA) is 133 Å². The molecule has 2 aromatic rings. The number of nitrogens with two attached hydrogens (primary N) is 1. The molecule has 0 saturated heterocycles. The number of amides is 1. The minimum Gasteiger partial charge on any atom is -0.481 e. The van der Waals surface area contributed by atoms with Crippen LogP contribution in [0.15, 0.2) is 60.7 Å². The number of hydrogen-bond acceptors (Lipinski definition) is 5. The molecule has 8 heteroatoms. The standard InChI is InChI=1S/C18H27NO2.C12H16O2.C6H13NO.ClH/c20-17-13-11-16(12-14-17)19-18(21)10-6-2-5-9-15-7-3-1-4-8-15;13-12(14)10-6-2-5-9-11-7-3-1-4-8-11;7-5-1-3-6(8)4-2-5;/h1,3-4,7-8,16-17,20H,2,5-6,9-14H2,(H,19,21);1,3-4,7-8H,2,5-6,9-10H2,(H,13,14);5-6,8H,1-4,7H2;1H. The van der Waals surface area contributed by atoms with Crippen molar-refractivity contribution in [2.24, 2.45) is 5.73 Å². The normalized spacial score (nSPS) is 20.9. The Labute approximate surface area is 271 Å². The van der Waals surface area contributed by atoms with Gasteiger partial charge in [-0.25, -0.2) is 0 Å². The molecule has 1 amide bonds. The van der Waals surface area contributed by atoms with Gasteiger partial charge in [-0.15, -0.1) is 12.4 Å². The molecule has 0 spiro atoms. The van der Waals surface area contributed by atoms with Crippen molar-refractivity contribution in [1.29, 1.82) is 0 Å². The summed E-state index contributed by atoms with van der Waals surface area (Å²) < 4.78 is 0. The number of aryl methyl sites for hydroxylation is 2. The fourth-order valence-corrected chi connectivity index (χ4v) is 5.48. The lowest BCUT2D eigenvalue weighted by Crippen LogP contribution is -2.38. The zero-order chi connectivity index (χ0) is 31.1. The fourth-order valence-electron chi connectivity index (χ4n) is 5.48. The molecule has 2 aliphatic carbocycles. The summed E-state index contributed by atoms with van der Waals surface area (Å²) in [4.78, 5) is 22.1. The maximum Gasteiger partial charge on any atom is 0.303 e. The van der Waals surface area contributed by atoms with Crippen LogP contribution in [0.1, 0.15) is 114 Å². The molecule has 0 unspecified atom stereocenters. The number of aliphatic hydroxyl groups excluding tert-OH is 2. The van der Waals surface area contributed by atoms with Crippen LogP contribution in [0.5, 0.6) is 0 Å². The largest absolute Gasteiger partial charge is 0.481 e. The Morgan fingerprint density at radius 1 is 0.636 bits per heavy atom. The number of halogens is 1. The lowest BCUT2D eigenvalue weighted by atomic mass is 9.93. The van der Waals surface area contributed by atoms with Gasteiger partial charge in [0.25, 0.3) is 0 Å². The van der Waals surface area contributed by atoms with Crippen molar-refractivity contribution in [3.05, 3.63) is 71.8 Å². The first kappa shape index (κ1) is 39.6. The minimum atomic E-state index is -0.690. The van der Waals surface area contributed by atoms with Crippen molar-refractivity contribution in [1.82, 2.24) is 5.32 Å². The summed E-state index contributed by atoms with van der Waals surface area (Å²) in [6.07, 6.45) is 16.3. The number of carbonyl (C=O) groups excluding carboxylic acids is 1. The van der Waals surface area contributed by atoms with Gasteiger partial charge in [0.2, 0.25) is 5.91 Å². The minimum absolute atomic E-state index is 0. The number of carboxylic acids is 1. The molecule has 2 aromatic carbocycles. The molecule has 0 radical (unpaired) electrons. The number of benzene rings is 2. The lowest BCUT2D eigenvalue weighted by Gasteiger charge is -2.26. The lowest BCUT2D eigenvalue weighted by molar-refractivity contribution is -0.137. The summed E-state index contributed by atoms with van der Waals surface area (Å²) in [7, 11) is 0. The van der Waals surface area contributed by atoms with E-state index in [9.17, 15) is 14.7 Å². The molecule has 248 valence electrons.